The van der Waals surface area contributed by atoms with Gasteiger partial charge in [0, 0.05) is 29.9 Å². The van der Waals surface area contributed by atoms with Gasteiger partial charge in [-0.05, 0) is 42.7 Å². The van der Waals surface area contributed by atoms with Crippen molar-refractivity contribution in [2.75, 3.05) is 23.3 Å². The van der Waals surface area contributed by atoms with Crippen LogP contribution in [0.2, 0.25) is 0 Å². The van der Waals surface area contributed by atoms with Gasteiger partial charge in [0.2, 0.25) is 0 Å². The maximum absolute atomic E-state index is 14.3. The summed E-state index contributed by atoms with van der Waals surface area (Å²) in [6.07, 6.45) is 2.13. The predicted octanol–water partition coefficient (Wildman–Crippen LogP) is 4.44. The quantitative estimate of drug-likeness (QED) is 0.496. The van der Waals surface area contributed by atoms with E-state index in [2.05, 4.69) is 15.3 Å². The van der Waals surface area contributed by atoms with Crippen molar-refractivity contribution in [1.29, 1.82) is 0 Å². The molecule has 0 bridgehead atoms. The number of halogens is 1. The van der Waals surface area contributed by atoms with Crippen LogP contribution in [0.1, 0.15) is 28.9 Å². The Hall–Kier alpha value is -4.00. The molecule has 166 valence electrons. The Kier molecular flexibility index (Phi) is 5.60. The van der Waals surface area contributed by atoms with E-state index in [1.54, 1.807) is 30.3 Å². The van der Waals surface area contributed by atoms with Crippen molar-refractivity contribution < 1.29 is 9.18 Å². The molecule has 6 nitrogen and oxygen atoms in total. The minimum Gasteiger partial charge on any atom is -0.371 e. The van der Waals surface area contributed by atoms with Crippen LogP contribution in [0.25, 0.3) is 10.8 Å². The standard InChI is InChI=1S/C26H23FN4O2/c27-19-14-20(16-21(15-19)30-12-6-7-13-30)28-25(32)24-22-10-4-5-11-23(22)26(33)31(29-24)17-18-8-2-1-3-9-18/h1-5,8-11,14-16H,6-7,12-13,17H2,(H,28,32). The number of carbonyl (C=O) groups excluding carboxylic acids is 1. The van der Waals surface area contributed by atoms with Gasteiger partial charge in [0.25, 0.3) is 11.5 Å². The van der Waals surface area contributed by atoms with Gasteiger partial charge in [-0.25, -0.2) is 9.07 Å². The molecule has 1 N–H and O–H groups in total. The number of hydrogen-bond acceptors (Lipinski definition) is 4. The third-order valence-corrected chi connectivity index (χ3v) is 5.87. The van der Waals surface area contributed by atoms with Crippen molar-refractivity contribution in [3.8, 4) is 0 Å². The van der Waals surface area contributed by atoms with E-state index in [-0.39, 0.29) is 17.8 Å². The molecular formula is C26H23FN4O2. The van der Waals surface area contributed by atoms with Crippen LogP contribution >= 0.6 is 0 Å². The van der Waals surface area contributed by atoms with E-state index >= 15 is 0 Å². The van der Waals surface area contributed by atoms with Gasteiger partial charge in [-0.3, -0.25) is 9.59 Å². The maximum atomic E-state index is 14.3. The summed E-state index contributed by atoms with van der Waals surface area (Å²) in [7, 11) is 0. The highest BCUT2D eigenvalue weighted by molar-refractivity contribution is 6.11. The summed E-state index contributed by atoms with van der Waals surface area (Å²) in [5, 5.41) is 8.05. The smallest absolute Gasteiger partial charge is 0.276 e. The molecule has 5 rings (SSSR count). The molecule has 1 fully saturated rings. The van der Waals surface area contributed by atoms with Crippen LogP contribution < -0.4 is 15.8 Å². The zero-order chi connectivity index (χ0) is 22.8. The molecule has 0 saturated carbocycles. The van der Waals surface area contributed by atoms with Crippen LogP contribution in [0.3, 0.4) is 0 Å². The fourth-order valence-corrected chi connectivity index (χ4v) is 4.26. The normalized spacial score (nSPS) is 13.4. The molecule has 33 heavy (non-hydrogen) atoms. The van der Waals surface area contributed by atoms with E-state index in [1.165, 1.54) is 16.8 Å². The Morgan fingerprint density at radius 3 is 2.39 bits per heavy atom. The number of hydrogen-bond donors (Lipinski definition) is 1. The van der Waals surface area contributed by atoms with Crippen molar-refractivity contribution >= 4 is 28.1 Å². The van der Waals surface area contributed by atoms with Crippen molar-refractivity contribution in [1.82, 2.24) is 9.78 Å². The van der Waals surface area contributed by atoms with Crippen LogP contribution in [-0.4, -0.2) is 28.8 Å². The molecule has 0 aliphatic carbocycles. The topological polar surface area (TPSA) is 67.2 Å². The van der Waals surface area contributed by atoms with Crippen LogP contribution in [0.5, 0.6) is 0 Å². The number of anilines is 2. The van der Waals surface area contributed by atoms with Gasteiger partial charge in [-0.1, -0.05) is 48.5 Å². The molecule has 2 heterocycles. The molecule has 4 aromatic rings. The number of nitrogens with one attached hydrogen (secondary N) is 1. The summed E-state index contributed by atoms with van der Waals surface area (Å²) in [6, 6.07) is 20.9. The Bertz CT molecular complexity index is 1380. The monoisotopic (exact) mass is 442 g/mol. The minimum absolute atomic E-state index is 0.119. The van der Waals surface area contributed by atoms with Crippen LogP contribution in [0.15, 0.2) is 77.6 Å². The molecule has 1 saturated heterocycles. The highest BCUT2D eigenvalue weighted by Crippen LogP contribution is 2.26. The van der Waals surface area contributed by atoms with Gasteiger partial charge < -0.3 is 10.2 Å². The van der Waals surface area contributed by atoms with Gasteiger partial charge >= 0.3 is 0 Å². The van der Waals surface area contributed by atoms with Crippen molar-refractivity contribution in [2.45, 2.75) is 19.4 Å². The lowest BCUT2D eigenvalue weighted by molar-refractivity contribution is 0.102. The highest BCUT2D eigenvalue weighted by Gasteiger charge is 2.19. The average Bonchev–Trinajstić information content (AvgIpc) is 3.36. The minimum atomic E-state index is -0.494. The molecule has 0 radical (unpaired) electrons. The predicted molar refractivity (Wildman–Crippen MR) is 127 cm³/mol. The molecule has 1 aliphatic heterocycles. The van der Waals surface area contributed by atoms with E-state index in [1.807, 2.05) is 30.3 Å². The van der Waals surface area contributed by atoms with Gasteiger partial charge in [0.1, 0.15) is 5.82 Å². The zero-order valence-electron chi connectivity index (χ0n) is 18.0. The van der Waals surface area contributed by atoms with Crippen LogP contribution in [0, 0.1) is 5.82 Å². The lowest BCUT2D eigenvalue weighted by Crippen LogP contribution is -2.28. The van der Waals surface area contributed by atoms with E-state index < -0.39 is 11.7 Å². The lowest BCUT2D eigenvalue weighted by atomic mass is 10.1. The summed E-state index contributed by atoms with van der Waals surface area (Å²) in [5.74, 6) is -0.910. The van der Waals surface area contributed by atoms with E-state index in [4.69, 9.17) is 0 Å². The molecule has 0 unspecified atom stereocenters. The number of rotatable bonds is 5. The number of aromatic nitrogens is 2. The summed E-state index contributed by atoms with van der Waals surface area (Å²) in [5.41, 5.74) is 1.85. The summed E-state index contributed by atoms with van der Waals surface area (Å²) in [6.45, 7) is 1.98. The fourth-order valence-electron chi connectivity index (χ4n) is 4.26. The molecule has 7 heteroatoms. The summed E-state index contributed by atoms with van der Waals surface area (Å²) in [4.78, 5) is 28.4. The first-order chi connectivity index (χ1) is 16.1. The van der Waals surface area contributed by atoms with E-state index in [9.17, 15) is 14.0 Å². The zero-order valence-corrected chi connectivity index (χ0v) is 18.0. The van der Waals surface area contributed by atoms with E-state index in [0.29, 0.717) is 16.5 Å². The van der Waals surface area contributed by atoms with Gasteiger partial charge in [0.05, 0.1) is 11.9 Å². The Morgan fingerprint density at radius 2 is 1.64 bits per heavy atom. The third kappa shape index (κ3) is 4.35. The first-order valence-electron chi connectivity index (χ1n) is 11.0. The Morgan fingerprint density at radius 1 is 0.939 bits per heavy atom. The Balaban J connectivity index is 1.52. The summed E-state index contributed by atoms with van der Waals surface area (Å²) >= 11 is 0. The van der Waals surface area contributed by atoms with Crippen molar-refractivity contribution in [2.24, 2.45) is 0 Å². The second-order valence-electron chi connectivity index (χ2n) is 8.19. The van der Waals surface area contributed by atoms with Crippen LogP contribution in [-0.2, 0) is 6.54 Å². The number of fused-ring (bicyclic) bond motifs is 1. The SMILES string of the molecule is O=C(Nc1cc(F)cc(N2CCCC2)c1)c1nn(Cc2ccccc2)c(=O)c2ccccc12. The first-order valence-corrected chi connectivity index (χ1v) is 11.0. The average molecular weight is 442 g/mol. The molecule has 1 amide bonds. The van der Waals surface area contributed by atoms with Crippen LogP contribution in [0.4, 0.5) is 15.8 Å². The number of carbonyl (C=O) groups is 1. The third-order valence-electron chi connectivity index (χ3n) is 5.87. The van der Waals surface area contributed by atoms with Crippen molar-refractivity contribution in [3.63, 3.8) is 0 Å². The van der Waals surface area contributed by atoms with E-state index in [0.717, 1.165) is 37.2 Å². The van der Waals surface area contributed by atoms with Crippen molar-refractivity contribution in [3.05, 3.63) is 100 Å². The van der Waals surface area contributed by atoms with Gasteiger partial charge in [-0.15, -0.1) is 0 Å². The van der Waals surface area contributed by atoms with Gasteiger partial charge in [-0.2, -0.15) is 5.10 Å². The first kappa shape index (κ1) is 20.9. The largest absolute Gasteiger partial charge is 0.371 e. The Labute approximate surface area is 190 Å². The number of nitrogens with zero attached hydrogens (tertiary/aromatic N) is 3. The number of benzene rings is 3. The molecule has 0 spiro atoms. The maximum Gasteiger partial charge on any atom is 0.276 e. The van der Waals surface area contributed by atoms with Gasteiger partial charge in [0.15, 0.2) is 5.69 Å². The lowest BCUT2D eigenvalue weighted by Gasteiger charge is -2.19. The highest BCUT2D eigenvalue weighted by atomic mass is 19.1. The molecule has 1 aliphatic rings. The molecule has 0 atom stereocenters. The molecular weight excluding hydrogens is 419 g/mol. The fraction of sp³-hybridized carbons (Fsp3) is 0.192. The second-order valence-corrected chi connectivity index (χ2v) is 8.19. The molecule has 3 aromatic carbocycles. The second kappa shape index (κ2) is 8.86. The molecule has 1 aromatic heterocycles. The number of amides is 1. The summed E-state index contributed by atoms with van der Waals surface area (Å²) < 4.78 is 15.6.